The first-order chi connectivity index (χ1) is 7.76. The van der Waals surface area contributed by atoms with E-state index in [1.807, 2.05) is 4.68 Å². The van der Waals surface area contributed by atoms with E-state index in [0.717, 1.165) is 29.7 Å². The lowest BCUT2D eigenvalue weighted by Gasteiger charge is -2.19. The average molecular weight is 242 g/mol. The van der Waals surface area contributed by atoms with Gasteiger partial charge in [0.1, 0.15) is 0 Å². The first-order valence-electron chi connectivity index (χ1n) is 6.20. The van der Waals surface area contributed by atoms with Gasteiger partial charge in [-0.25, -0.2) is 0 Å². The highest BCUT2D eigenvalue weighted by atomic mass is 35.5. The molecule has 0 spiro atoms. The van der Waals surface area contributed by atoms with Gasteiger partial charge >= 0.3 is 0 Å². The van der Waals surface area contributed by atoms with Gasteiger partial charge < -0.3 is 5.32 Å². The van der Waals surface area contributed by atoms with Crippen LogP contribution in [-0.2, 0) is 6.54 Å². The van der Waals surface area contributed by atoms with Crippen LogP contribution in [0.1, 0.15) is 44.8 Å². The summed E-state index contributed by atoms with van der Waals surface area (Å²) in [5.74, 6) is 0.889. The molecule has 1 atom stereocenters. The van der Waals surface area contributed by atoms with Crippen LogP contribution in [0.25, 0.3) is 0 Å². The van der Waals surface area contributed by atoms with Gasteiger partial charge in [-0.3, -0.25) is 4.68 Å². The maximum Gasteiger partial charge on any atom is 0.0834 e. The second-order valence-electron chi connectivity index (χ2n) is 4.48. The second kappa shape index (κ2) is 5.19. The lowest BCUT2D eigenvalue weighted by atomic mass is 10.1. The van der Waals surface area contributed by atoms with Crippen molar-refractivity contribution in [3.63, 3.8) is 0 Å². The molecule has 16 heavy (non-hydrogen) atoms. The van der Waals surface area contributed by atoms with Gasteiger partial charge in [-0.2, -0.15) is 5.10 Å². The Kier molecular flexibility index (Phi) is 3.87. The van der Waals surface area contributed by atoms with E-state index in [0.29, 0.717) is 6.04 Å². The number of hydrogen-bond acceptors (Lipinski definition) is 2. The van der Waals surface area contributed by atoms with Crippen molar-refractivity contribution in [2.45, 2.75) is 45.7 Å². The van der Waals surface area contributed by atoms with Crippen LogP contribution >= 0.6 is 11.6 Å². The number of halogens is 1. The molecule has 1 fully saturated rings. The minimum absolute atomic E-state index is 0.368. The largest absolute Gasteiger partial charge is 0.309 e. The van der Waals surface area contributed by atoms with Crippen LogP contribution in [0.3, 0.4) is 0 Å². The molecule has 0 saturated heterocycles. The Hall–Kier alpha value is -0.540. The molecule has 1 unspecified atom stereocenters. The maximum atomic E-state index is 6.23. The molecule has 0 bridgehead atoms. The average Bonchev–Trinajstić information content (AvgIpc) is 3.00. The van der Waals surface area contributed by atoms with Gasteiger partial charge in [0.15, 0.2) is 0 Å². The monoisotopic (exact) mass is 241 g/mol. The van der Waals surface area contributed by atoms with Crippen molar-refractivity contribution in [2.24, 2.45) is 5.92 Å². The zero-order valence-corrected chi connectivity index (χ0v) is 10.8. The van der Waals surface area contributed by atoms with E-state index in [1.54, 1.807) is 6.20 Å². The van der Waals surface area contributed by atoms with Gasteiger partial charge in [-0.05, 0) is 25.8 Å². The van der Waals surface area contributed by atoms with E-state index in [2.05, 4.69) is 24.3 Å². The van der Waals surface area contributed by atoms with Gasteiger partial charge in [0.2, 0.25) is 0 Å². The molecular weight excluding hydrogens is 222 g/mol. The van der Waals surface area contributed by atoms with E-state index in [4.69, 9.17) is 11.6 Å². The van der Waals surface area contributed by atoms with Crippen LogP contribution in [0.2, 0.25) is 5.02 Å². The number of hydrogen-bond donors (Lipinski definition) is 1. The van der Waals surface area contributed by atoms with Crippen molar-refractivity contribution in [1.82, 2.24) is 15.1 Å². The van der Waals surface area contributed by atoms with Gasteiger partial charge in [0.05, 0.1) is 23.0 Å². The molecule has 0 aliphatic heterocycles. The molecule has 1 saturated carbocycles. The van der Waals surface area contributed by atoms with Crippen molar-refractivity contribution in [2.75, 3.05) is 6.54 Å². The summed E-state index contributed by atoms with van der Waals surface area (Å²) in [4.78, 5) is 0. The lowest BCUT2D eigenvalue weighted by molar-refractivity contribution is 0.447. The van der Waals surface area contributed by atoms with E-state index in [1.165, 1.54) is 19.3 Å². The van der Waals surface area contributed by atoms with Crippen molar-refractivity contribution < 1.29 is 0 Å². The molecule has 90 valence electrons. The second-order valence-corrected chi connectivity index (χ2v) is 4.89. The Morgan fingerprint density at radius 3 is 2.88 bits per heavy atom. The number of aromatic nitrogens is 2. The van der Waals surface area contributed by atoms with E-state index in [9.17, 15) is 0 Å². The summed E-state index contributed by atoms with van der Waals surface area (Å²) in [5.41, 5.74) is 1.16. The summed E-state index contributed by atoms with van der Waals surface area (Å²) in [6.45, 7) is 6.10. The fraction of sp³-hybridized carbons (Fsp3) is 0.750. The molecular formula is C12H20ClN3. The molecule has 1 aromatic rings. The number of rotatable bonds is 6. The van der Waals surface area contributed by atoms with Gasteiger partial charge in [-0.1, -0.05) is 31.4 Å². The summed E-state index contributed by atoms with van der Waals surface area (Å²) >= 11 is 6.23. The minimum Gasteiger partial charge on any atom is -0.309 e. The number of nitrogens with one attached hydrogen (secondary N) is 1. The minimum atomic E-state index is 0.368. The third-order valence-corrected chi connectivity index (χ3v) is 3.47. The summed E-state index contributed by atoms with van der Waals surface area (Å²) in [7, 11) is 0. The van der Waals surface area contributed by atoms with Crippen LogP contribution in [0.15, 0.2) is 6.20 Å². The van der Waals surface area contributed by atoms with E-state index in [-0.39, 0.29) is 0 Å². The van der Waals surface area contributed by atoms with Crippen LogP contribution < -0.4 is 5.32 Å². The van der Waals surface area contributed by atoms with Gasteiger partial charge in [0.25, 0.3) is 0 Å². The molecule has 0 aromatic carbocycles. The molecule has 2 rings (SSSR count). The highest BCUT2D eigenvalue weighted by Crippen LogP contribution is 2.39. The van der Waals surface area contributed by atoms with Crippen molar-refractivity contribution in [3.05, 3.63) is 16.9 Å². The lowest BCUT2D eigenvalue weighted by Crippen LogP contribution is -2.24. The van der Waals surface area contributed by atoms with E-state index < -0.39 is 0 Å². The summed E-state index contributed by atoms with van der Waals surface area (Å²) in [5, 5.41) is 8.64. The third kappa shape index (κ3) is 2.58. The van der Waals surface area contributed by atoms with Crippen LogP contribution in [-0.4, -0.2) is 16.3 Å². The first-order valence-corrected chi connectivity index (χ1v) is 6.58. The summed E-state index contributed by atoms with van der Waals surface area (Å²) in [6.07, 6.45) is 5.70. The maximum absolute atomic E-state index is 6.23. The SMILES string of the molecule is CCNC(CC1CC1)c1c(Cl)cnn1CC. The molecule has 1 aromatic heterocycles. The topological polar surface area (TPSA) is 29.9 Å². The predicted molar refractivity (Wildman–Crippen MR) is 66.7 cm³/mol. The molecule has 1 aliphatic rings. The molecule has 3 nitrogen and oxygen atoms in total. The third-order valence-electron chi connectivity index (χ3n) is 3.18. The van der Waals surface area contributed by atoms with E-state index >= 15 is 0 Å². The highest BCUT2D eigenvalue weighted by Gasteiger charge is 2.28. The molecule has 1 aliphatic carbocycles. The number of nitrogens with zero attached hydrogens (tertiary/aromatic N) is 2. The highest BCUT2D eigenvalue weighted by molar-refractivity contribution is 6.31. The normalized spacial score (nSPS) is 17.7. The molecule has 0 amide bonds. The van der Waals surface area contributed by atoms with Crippen LogP contribution in [0.5, 0.6) is 0 Å². The number of aryl methyl sites for hydroxylation is 1. The van der Waals surface area contributed by atoms with Crippen molar-refractivity contribution in [1.29, 1.82) is 0 Å². The molecule has 0 radical (unpaired) electrons. The first kappa shape index (κ1) is 11.9. The Bertz CT molecular complexity index is 344. The van der Waals surface area contributed by atoms with Crippen LogP contribution in [0, 0.1) is 5.92 Å². The smallest absolute Gasteiger partial charge is 0.0834 e. The Morgan fingerprint density at radius 1 is 1.56 bits per heavy atom. The standard InChI is InChI=1S/C12H20ClN3/c1-3-14-11(7-9-5-6-9)12-10(13)8-15-16(12)4-2/h8-9,11,14H,3-7H2,1-2H3. The quantitative estimate of drug-likeness (QED) is 0.830. The zero-order chi connectivity index (χ0) is 11.5. The fourth-order valence-corrected chi connectivity index (χ4v) is 2.47. The van der Waals surface area contributed by atoms with Gasteiger partial charge in [0, 0.05) is 6.54 Å². The van der Waals surface area contributed by atoms with Crippen molar-refractivity contribution >= 4 is 11.6 Å². The summed E-state index contributed by atoms with van der Waals surface area (Å²) in [6, 6.07) is 0.368. The Labute approximate surface area is 102 Å². The Balaban J connectivity index is 2.17. The van der Waals surface area contributed by atoms with Crippen LogP contribution in [0.4, 0.5) is 0 Å². The van der Waals surface area contributed by atoms with Gasteiger partial charge in [-0.15, -0.1) is 0 Å². The fourth-order valence-electron chi connectivity index (χ4n) is 2.20. The molecule has 1 heterocycles. The molecule has 4 heteroatoms. The Morgan fingerprint density at radius 2 is 2.31 bits per heavy atom. The predicted octanol–water partition coefficient (Wildman–Crippen LogP) is 3.01. The zero-order valence-electron chi connectivity index (χ0n) is 10.0. The molecule has 1 N–H and O–H groups in total. The van der Waals surface area contributed by atoms with Crippen molar-refractivity contribution in [3.8, 4) is 0 Å². The summed E-state index contributed by atoms with van der Waals surface area (Å²) < 4.78 is 2.01.